The van der Waals surface area contributed by atoms with Crippen LogP contribution in [-0.2, 0) is 11.3 Å². The lowest BCUT2D eigenvalue weighted by molar-refractivity contribution is 0.179. The van der Waals surface area contributed by atoms with Crippen molar-refractivity contribution in [1.82, 2.24) is 10.6 Å². The maximum atomic E-state index is 5.17. The molecule has 0 aliphatic heterocycles. The van der Waals surface area contributed by atoms with Crippen LogP contribution in [0.25, 0.3) is 0 Å². The molecule has 0 aliphatic rings. The number of halogens is 1. The molecule has 1 heterocycles. The zero-order valence-electron chi connectivity index (χ0n) is 9.25. The fraction of sp³-hybridized carbons (Fsp3) is 0.500. The Morgan fingerprint density at radius 2 is 2.38 bits per heavy atom. The van der Waals surface area contributed by atoms with Gasteiger partial charge < -0.3 is 15.4 Å². The molecule has 2 N–H and O–H groups in total. The third kappa shape index (κ3) is 5.25. The molecule has 1 aromatic heterocycles. The maximum absolute atomic E-state index is 5.17. The van der Waals surface area contributed by atoms with Crippen LogP contribution in [-0.4, -0.2) is 24.9 Å². The number of hydrogen-bond donors (Lipinski definition) is 2. The van der Waals surface area contributed by atoms with Crippen molar-refractivity contribution >= 4 is 44.6 Å². The predicted octanol–water partition coefficient (Wildman–Crippen LogP) is 2.51. The van der Waals surface area contributed by atoms with E-state index in [0.29, 0.717) is 11.7 Å². The molecule has 6 heteroatoms. The topological polar surface area (TPSA) is 33.3 Å². The molecule has 0 aromatic carbocycles. The summed E-state index contributed by atoms with van der Waals surface area (Å²) in [5.41, 5.74) is 0. The molecule has 0 fully saturated rings. The lowest BCUT2D eigenvalue weighted by atomic mass is 10.4. The average molecular weight is 323 g/mol. The summed E-state index contributed by atoms with van der Waals surface area (Å²) < 4.78 is 6.15. The van der Waals surface area contributed by atoms with Gasteiger partial charge in [-0.2, -0.15) is 0 Å². The van der Waals surface area contributed by atoms with Crippen LogP contribution in [0.5, 0.6) is 0 Å². The molecule has 0 aliphatic carbocycles. The van der Waals surface area contributed by atoms with E-state index in [0.717, 1.165) is 10.3 Å². The van der Waals surface area contributed by atoms with Gasteiger partial charge in [0.2, 0.25) is 0 Å². The highest BCUT2D eigenvalue weighted by atomic mass is 79.9. The number of ether oxygens (including phenoxy) is 1. The predicted molar refractivity (Wildman–Crippen MR) is 75.9 cm³/mol. The Balaban J connectivity index is 2.25. The highest BCUT2D eigenvalue weighted by Crippen LogP contribution is 2.21. The van der Waals surface area contributed by atoms with Gasteiger partial charge in [0, 0.05) is 18.0 Å². The van der Waals surface area contributed by atoms with Crippen LogP contribution < -0.4 is 10.6 Å². The number of thiophene rings is 1. The standard InChI is InChI=1S/C10H15BrN2OS2/c1-7(6-14-2)13-10(15)12-5-8-3-4-9(11)16-8/h3-4,7H,5-6H2,1-2H3,(H2,12,13,15). The number of hydrogen-bond acceptors (Lipinski definition) is 3. The SMILES string of the molecule is COCC(C)NC(=S)NCc1ccc(Br)s1. The maximum Gasteiger partial charge on any atom is 0.166 e. The van der Waals surface area contributed by atoms with E-state index in [4.69, 9.17) is 17.0 Å². The van der Waals surface area contributed by atoms with E-state index in [1.807, 2.05) is 13.0 Å². The Morgan fingerprint density at radius 3 is 2.94 bits per heavy atom. The van der Waals surface area contributed by atoms with Crippen LogP contribution >= 0.6 is 39.5 Å². The summed E-state index contributed by atoms with van der Waals surface area (Å²) in [7, 11) is 1.68. The van der Waals surface area contributed by atoms with Gasteiger partial charge in [-0.25, -0.2) is 0 Å². The fourth-order valence-electron chi connectivity index (χ4n) is 1.18. The van der Waals surface area contributed by atoms with Crippen LogP contribution in [0, 0.1) is 0 Å². The van der Waals surface area contributed by atoms with Gasteiger partial charge in [-0.05, 0) is 47.2 Å². The molecule has 0 saturated heterocycles. The third-order valence-electron chi connectivity index (χ3n) is 1.85. The smallest absolute Gasteiger partial charge is 0.166 e. The molecule has 0 saturated carbocycles. The molecule has 1 atom stereocenters. The summed E-state index contributed by atoms with van der Waals surface area (Å²) in [6.45, 7) is 3.42. The minimum Gasteiger partial charge on any atom is -0.383 e. The minimum atomic E-state index is 0.222. The van der Waals surface area contributed by atoms with E-state index in [1.54, 1.807) is 18.4 Å². The van der Waals surface area contributed by atoms with Crippen molar-refractivity contribution in [3.05, 3.63) is 20.8 Å². The van der Waals surface area contributed by atoms with Crippen molar-refractivity contribution in [3.8, 4) is 0 Å². The molecule has 0 radical (unpaired) electrons. The van der Waals surface area contributed by atoms with Crippen LogP contribution in [0.2, 0.25) is 0 Å². The zero-order valence-corrected chi connectivity index (χ0v) is 12.5. The van der Waals surface area contributed by atoms with Crippen molar-refractivity contribution in [2.24, 2.45) is 0 Å². The minimum absolute atomic E-state index is 0.222. The van der Waals surface area contributed by atoms with Gasteiger partial charge >= 0.3 is 0 Å². The van der Waals surface area contributed by atoms with Gasteiger partial charge in [-0.1, -0.05) is 0 Å². The van der Waals surface area contributed by atoms with Gasteiger partial charge in [0.1, 0.15) is 0 Å². The lowest BCUT2D eigenvalue weighted by Crippen LogP contribution is -2.41. The summed E-state index contributed by atoms with van der Waals surface area (Å²) in [6, 6.07) is 4.33. The molecular weight excluding hydrogens is 308 g/mol. The number of rotatable bonds is 5. The normalized spacial score (nSPS) is 12.2. The van der Waals surface area contributed by atoms with E-state index in [9.17, 15) is 0 Å². The van der Waals surface area contributed by atoms with Crippen molar-refractivity contribution in [2.75, 3.05) is 13.7 Å². The molecule has 0 amide bonds. The van der Waals surface area contributed by atoms with Crippen LogP contribution in [0.3, 0.4) is 0 Å². The Hall–Kier alpha value is -0.170. The molecule has 16 heavy (non-hydrogen) atoms. The van der Waals surface area contributed by atoms with Crippen molar-refractivity contribution in [3.63, 3.8) is 0 Å². The van der Waals surface area contributed by atoms with Gasteiger partial charge in [0.05, 0.1) is 16.9 Å². The van der Waals surface area contributed by atoms with Gasteiger partial charge in [-0.15, -0.1) is 11.3 Å². The average Bonchev–Trinajstić information content (AvgIpc) is 2.61. The van der Waals surface area contributed by atoms with Gasteiger partial charge in [0.15, 0.2) is 5.11 Å². The molecule has 90 valence electrons. The van der Waals surface area contributed by atoms with Gasteiger partial charge in [-0.3, -0.25) is 0 Å². The quantitative estimate of drug-likeness (QED) is 0.816. The van der Waals surface area contributed by atoms with Crippen molar-refractivity contribution in [1.29, 1.82) is 0 Å². The lowest BCUT2D eigenvalue weighted by Gasteiger charge is -2.15. The molecular formula is C10H15BrN2OS2. The van der Waals surface area contributed by atoms with Gasteiger partial charge in [0.25, 0.3) is 0 Å². The first-order valence-electron chi connectivity index (χ1n) is 4.89. The summed E-state index contributed by atoms with van der Waals surface area (Å²) >= 11 is 10.3. The van der Waals surface area contributed by atoms with E-state index >= 15 is 0 Å². The van der Waals surface area contributed by atoms with Crippen molar-refractivity contribution < 1.29 is 4.74 Å². The van der Waals surface area contributed by atoms with Crippen molar-refractivity contribution in [2.45, 2.75) is 19.5 Å². The van der Waals surface area contributed by atoms with Crippen LogP contribution in [0.1, 0.15) is 11.8 Å². The highest BCUT2D eigenvalue weighted by Gasteiger charge is 2.03. The summed E-state index contributed by atoms with van der Waals surface area (Å²) in [5, 5.41) is 6.96. The fourth-order valence-corrected chi connectivity index (χ4v) is 2.88. The number of thiocarbonyl (C=S) groups is 1. The summed E-state index contributed by atoms with van der Waals surface area (Å²) in [6.07, 6.45) is 0. The first kappa shape index (κ1) is 13.9. The van der Waals surface area contributed by atoms with Crippen LogP contribution in [0.15, 0.2) is 15.9 Å². The highest BCUT2D eigenvalue weighted by molar-refractivity contribution is 9.11. The molecule has 1 rings (SSSR count). The zero-order chi connectivity index (χ0) is 12.0. The van der Waals surface area contributed by atoms with E-state index in [2.05, 4.69) is 32.6 Å². The largest absolute Gasteiger partial charge is 0.383 e. The molecule has 0 bridgehead atoms. The molecule has 3 nitrogen and oxygen atoms in total. The van der Waals surface area contributed by atoms with E-state index in [1.165, 1.54) is 4.88 Å². The Kier molecular flexibility index (Phi) is 6.26. The third-order valence-corrected chi connectivity index (χ3v) is 3.73. The molecule has 0 spiro atoms. The second-order valence-electron chi connectivity index (χ2n) is 3.39. The first-order chi connectivity index (χ1) is 7.61. The summed E-state index contributed by atoms with van der Waals surface area (Å²) in [5.74, 6) is 0. The van der Waals surface area contributed by atoms with E-state index in [-0.39, 0.29) is 6.04 Å². The molecule has 1 aromatic rings. The number of nitrogens with one attached hydrogen (secondary N) is 2. The van der Waals surface area contributed by atoms with Crippen LogP contribution in [0.4, 0.5) is 0 Å². The second-order valence-corrected chi connectivity index (χ2v) is 6.35. The Bertz CT molecular complexity index is 343. The Morgan fingerprint density at radius 1 is 1.62 bits per heavy atom. The first-order valence-corrected chi connectivity index (χ1v) is 6.91. The monoisotopic (exact) mass is 322 g/mol. The Labute approximate surface area is 114 Å². The number of methoxy groups -OCH3 is 1. The van der Waals surface area contributed by atoms with E-state index < -0.39 is 0 Å². The second kappa shape index (κ2) is 7.21. The summed E-state index contributed by atoms with van der Waals surface area (Å²) in [4.78, 5) is 1.25. The molecule has 1 unspecified atom stereocenters.